The number of carbonyl (C=O) groups excluding carboxylic acids is 2. The third-order valence-corrected chi connectivity index (χ3v) is 3.86. The summed E-state index contributed by atoms with van der Waals surface area (Å²) in [5, 5.41) is 8.67. The molecule has 0 bridgehead atoms. The molecular weight excluding hydrogens is 264 g/mol. The van der Waals surface area contributed by atoms with E-state index in [1.54, 1.807) is 16.9 Å². The quantitative estimate of drug-likeness (QED) is 0.705. The van der Waals surface area contributed by atoms with Gasteiger partial charge in [0.1, 0.15) is 0 Å². The Morgan fingerprint density at radius 2 is 2.05 bits per heavy atom. The minimum absolute atomic E-state index is 0.0111. The Morgan fingerprint density at radius 1 is 1.35 bits per heavy atom. The van der Waals surface area contributed by atoms with Gasteiger partial charge in [-0.15, -0.1) is 0 Å². The number of carboxylic acid groups (broad SMARTS) is 1. The molecule has 20 heavy (non-hydrogen) atoms. The van der Waals surface area contributed by atoms with Gasteiger partial charge in [-0.3, -0.25) is 14.4 Å². The topological polar surface area (TPSA) is 87.2 Å². The number of aliphatic carboxylic acids is 1. The van der Waals surface area contributed by atoms with Gasteiger partial charge in [0.05, 0.1) is 18.9 Å². The van der Waals surface area contributed by atoms with E-state index < -0.39 is 5.97 Å². The van der Waals surface area contributed by atoms with Crippen molar-refractivity contribution in [3.05, 3.63) is 0 Å². The molecule has 0 spiro atoms. The van der Waals surface area contributed by atoms with E-state index in [-0.39, 0.29) is 36.5 Å². The van der Waals surface area contributed by atoms with Gasteiger partial charge in [0.15, 0.2) is 0 Å². The van der Waals surface area contributed by atoms with E-state index in [9.17, 15) is 14.4 Å². The highest BCUT2D eigenvalue weighted by Gasteiger charge is 2.40. The van der Waals surface area contributed by atoms with Gasteiger partial charge >= 0.3 is 5.97 Å². The van der Waals surface area contributed by atoms with Gasteiger partial charge in [0.25, 0.3) is 0 Å². The molecule has 0 aromatic heterocycles. The van der Waals surface area contributed by atoms with Crippen LogP contribution in [0.5, 0.6) is 0 Å². The molecule has 0 radical (unpaired) electrons. The Morgan fingerprint density at radius 3 is 2.65 bits per heavy atom. The lowest BCUT2D eigenvalue weighted by molar-refractivity contribution is -0.147. The number of hydrogen-bond donors (Lipinski definition) is 1. The van der Waals surface area contributed by atoms with E-state index in [1.807, 2.05) is 0 Å². The first-order valence-electron chi connectivity index (χ1n) is 6.78. The van der Waals surface area contributed by atoms with E-state index >= 15 is 0 Å². The molecule has 1 unspecified atom stereocenters. The number of hydrogen-bond acceptors (Lipinski definition) is 4. The van der Waals surface area contributed by atoms with Crippen molar-refractivity contribution in [2.75, 3.05) is 39.9 Å². The molecule has 7 heteroatoms. The largest absolute Gasteiger partial charge is 0.481 e. The van der Waals surface area contributed by atoms with Crippen LogP contribution in [0.25, 0.3) is 0 Å². The van der Waals surface area contributed by atoms with Crippen molar-refractivity contribution < 1.29 is 24.2 Å². The summed E-state index contributed by atoms with van der Waals surface area (Å²) in [6, 6.07) is 0. The average Bonchev–Trinajstić information content (AvgIpc) is 2.71. The molecule has 2 saturated heterocycles. The number of amides is 2. The smallest absolute Gasteiger partial charge is 0.303 e. The summed E-state index contributed by atoms with van der Waals surface area (Å²) >= 11 is 0. The molecular formula is C13H20N2O5. The zero-order chi connectivity index (χ0) is 14.7. The van der Waals surface area contributed by atoms with Crippen LogP contribution in [0.1, 0.15) is 12.8 Å². The summed E-state index contributed by atoms with van der Waals surface area (Å²) in [4.78, 5) is 37.8. The van der Waals surface area contributed by atoms with Gasteiger partial charge < -0.3 is 19.6 Å². The zero-order valence-electron chi connectivity index (χ0n) is 11.6. The molecule has 1 atom stereocenters. The van der Waals surface area contributed by atoms with Gasteiger partial charge in [0.2, 0.25) is 11.8 Å². The van der Waals surface area contributed by atoms with Crippen molar-refractivity contribution >= 4 is 17.8 Å². The number of rotatable bonds is 6. The first-order valence-corrected chi connectivity index (χ1v) is 6.78. The van der Waals surface area contributed by atoms with Crippen LogP contribution in [0.15, 0.2) is 0 Å². The van der Waals surface area contributed by atoms with Crippen LogP contribution in [0.3, 0.4) is 0 Å². The average molecular weight is 284 g/mol. The van der Waals surface area contributed by atoms with Crippen molar-refractivity contribution in [2.24, 2.45) is 11.8 Å². The Balaban J connectivity index is 1.77. The molecule has 2 heterocycles. The highest BCUT2D eigenvalue weighted by Crippen LogP contribution is 2.26. The van der Waals surface area contributed by atoms with E-state index in [0.717, 1.165) is 0 Å². The predicted octanol–water partition coefficient (Wildman–Crippen LogP) is -0.586. The standard InChI is InChI=1S/C13H20N2O5/c1-20-3-2-14-8-10(5-11(14)16)13(19)15-6-9(7-15)4-12(17)18/h9-10H,2-8H2,1H3,(H,17,18). The Labute approximate surface area is 117 Å². The minimum atomic E-state index is -0.830. The Kier molecular flexibility index (Phi) is 4.59. The summed E-state index contributed by atoms with van der Waals surface area (Å²) in [7, 11) is 1.58. The van der Waals surface area contributed by atoms with Crippen LogP contribution >= 0.6 is 0 Å². The van der Waals surface area contributed by atoms with E-state index in [1.165, 1.54) is 0 Å². The lowest BCUT2D eigenvalue weighted by atomic mass is 9.94. The van der Waals surface area contributed by atoms with Crippen LogP contribution in [-0.4, -0.2) is 72.6 Å². The lowest BCUT2D eigenvalue weighted by Crippen LogP contribution is -2.52. The second-order valence-electron chi connectivity index (χ2n) is 5.44. The van der Waals surface area contributed by atoms with Gasteiger partial charge in [-0.1, -0.05) is 0 Å². The van der Waals surface area contributed by atoms with Crippen molar-refractivity contribution in [3.63, 3.8) is 0 Å². The fourth-order valence-corrected chi connectivity index (χ4v) is 2.74. The minimum Gasteiger partial charge on any atom is -0.481 e. The molecule has 7 nitrogen and oxygen atoms in total. The molecule has 0 saturated carbocycles. The SMILES string of the molecule is COCCN1CC(C(=O)N2CC(CC(=O)O)C2)CC1=O. The van der Waals surface area contributed by atoms with E-state index in [0.29, 0.717) is 32.8 Å². The third-order valence-electron chi connectivity index (χ3n) is 3.86. The fourth-order valence-electron chi connectivity index (χ4n) is 2.74. The summed E-state index contributed by atoms with van der Waals surface area (Å²) in [5.41, 5.74) is 0. The first kappa shape index (κ1) is 14.8. The molecule has 2 rings (SSSR count). The summed E-state index contributed by atoms with van der Waals surface area (Å²) in [6.07, 6.45) is 0.357. The summed E-state index contributed by atoms with van der Waals surface area (Å²) < 4.78 is 4.93. The van der Waals surface area contributed by atoms with Gasteiger partial charge in [0, 0.05) is 45.6 Å². The first-order chi connectivity index (χ1) is 9.51. The van der Waals surface area contributed by atoms with Crippen molar-refractivity contribution in [3.8, 4) is 0 Å². The molecule has 2 aliphatic rings. The molecule has 2 aliphatic heterocycles. The number of carbonyl (C=O) groups is 3. The maximum absolute atomic E-state index is 12.2. The Hall–Kier alpha value is -1.63. The number of ether oxygens (including phenoxy) is 1. The normalized spacial score (nSPS) is 23.1. The second kappa shape index (κ2) is 6.21. The maximum Gasteiger partial charge on any atom is 0.303 e. The highest BCUT2D eigenvalue weighted by atomic mass is 16.5. The number of methoxy groups -OCH3 is 1. The van der Waals surface area contributed by atoms with Crippen LogP contribution in [0.2, 0.25) is 0 Å². The molecule has 2 fully saturated rings. The molecule has 0 aromatic rings. The third kappa shape index (κ3) is 3.27. The maximum atomic E-state index is 12.2. The predicted molar refractivity (Wildman–Crippen MR) is 68.9 cm³/mol. The molecule has 112 valence electrons. The van der Waals surface area contributed by atoms with E-state index in [4.69, 9.17) is 9.84 Å². The van der Waals surface area contributed by atoms with Crippen LogP contribution in [-0.2, 0) is 19.1 Å². The second-order valence-corrected chi connectivity index (χ2v) is 5.44. The van der Waals surface area contributed by atoms with Gasteiger partial charge in [-0.25, -0.2) is 0 Å². The highest BCUT2D eigenvalue weighted by molar-refractivity contribution is 5.89. The summed E-state index contributed by atoms with van der Waals surface area (Å²) in [6.45, 7) is 2.42. The van der Waals surface area contributed by atoms with Crippen LogP contribution < -0.4 is 0 Å². The van der Waals surface area contributed by atoms with Crippen LogP contribution in [0, 0.1) is 11.8 Å². The summed E-state index contributed by atoms with van der Waals surface area (Å²) in [5.74, 6) is -1.10. The molecule has 0 aromatic carbocycles. The fraction of sp³-hybridized carbons (Fsp3) is 0.769. The van der Waals surface area contributed by atoms with Gasteiger partial charge in [-0.05, 0) is 0 Å². The molecule has 0 aliphatic carbocycles. The number of likely N-dealkylation sites (tertiary alicyclic amines) is 2. The van der Waals surface area contributed by atoms with Crippen molar-refractivity contribution in [1.29, 1.82) is 0 Å². The van der Waals surface area contributed by atoms with E-state index in [2.05, 4.69) is 0 Å². The number of carboxylic acids is 1. The number of nitrogens with zero attached hydrogens (tertiary/aromatic N) is 2. The van der Waals surface area contributed by atoms with Crippen molar-refractivity contribution in [1.82, 2.24) is 9.80 Å². The molecule has 2 amide bonds. The zero-order valence-corrected chi connectivity index (χ0v) is 11.6. The van der Waals surface area contributed by atoms with Gasteiger partial charge in [-0.2, -0.15) is 0 Å². The lowest BCUT2D eigenvalue weighted by Gasteiger charge is -2.39. The van der Waals surface area contributed by atoms with Crippen LogP contribution in [0.4, 0.5) is 0 Å². The monoisotopic (exact) mass is 284 g/mol. The van der Waals surface area contributed by atoms with Crippen molar-refractivity contribution in [2.45, 2.75) is 12.8 Å². The Bertz CT molecular complexity index is 406. The molecule has 1 N–H and O–H groups in total.